The number of aromatic nitrogens is 3. The minimum Gasteiger partial charge on any atom is -0.485 e. The Labute approximate surface area is 153 Å². The first kappa shape index (κ1) is 17.7. The van der Waals surface area contributed by atoms with Crippen molar-refractivity contribution in [3.63, 3.8) is 0 Å². The first-order valence-corrected chi connectivity index (χ1v) is 7.93. The molecule has 0 aliphatic carbocycles. The van der Waals surface area contributed by atoms with Crippen LogP contribution in [0.25, 0.3) is 5.69 Å². The van der Waals surface area contributed by atoms with Crippen LogP contribution in [0.5, 0.6) is 5.75 Å². The normalized spacial score (nSPS) is 13.2. The van der Waals surface area contributed by atoms with E-state index in [2.05, 4.69) is 12.5 Å². The number of hydrogen-bond donors (Lipinski definition) is 0. The van der Waals surface area contributed by atoms with Gasteiger partial charge in [-0.1, -0.05) is 12.5 Å². The van der Waals surface area contributed by atoms with Gasteiger partial charge in [-0.25, -0.2) is 18.5 Å². The van der Waals surface area contributed by atoms with Gasteiger partial charge < -0.3 is 9.64 Å². The highest BCUT2D eigenvalue weighted by Crippen LogP contribution is 2.37. The van der Waals surface area contributed by atoms with Gasteiger partial charge in [-0.15, -0.1) is 6.42 Å². The van der Waals surface area contributed by atoms with Gasteiger partial charge in [0.25, 0.3) is 0 Å². The molecule has 0 radical (unpaired) electrons. The summed E-state index contributed by atoms with van der Waals surface area (Å²) in [6.07, 6.45) is 5.39. The fraction of sp³-hybridized carbons (Fsp3) is 0.235. The van der Waals surface area contributed by atoms with E-state index in [1.807, 2.05) is 0 Å². The molecule has 0 fully saturated rings. The minimum absolute atomic E-state index is 0.0280. The van der Waals surface area contributed by atoms with Crippen molar-refractivity contribution in [2.75, 3.05) is 18.1 Å². The highest BCUT2D eigenvalue weighted by Gasteiger charge is 2.25. The minimum atomic E-state index is -0.784. The molecule has 7 nitrogen and oxygen atoms in total. The van der Waals surface area contributed by atoms with Gasteiger partial charge in [0.2, 0.25) is 0 Å². The van der Waals surface area contributed by atoms with Crippen molar-refractivity contribution in [1.29, 1.82) is 0 Å². The zero-order chi connectivity index (χ0) is 19.2. The highest BCUT2D eigenvalue weighted by molar-refractivity contribution is 7.71. The average Bonchev–Trinajstić information content (AvgIpc) is 2.62. The molecule has 0 amide bonds. The molecule has 0 spiro atoms. The van der Waals surface area contributed by atoms with E-state index in [1.165, 1.54) is 20.2 Å². The smallest absolute Gasteiger partial charge is 0.338 e. The summed E-state index contributed by atoms with van der Waals surface area (Å²) < 4.78 is 23.1. The number of fused-ring (bicyclic) bond motifs is 1. The molecule has 0 bridgehead atoms. The van der Waals surface area contributed by atoms with Gasteiger partial charge in [0.05, 0.1) is 17.9 Å². The number of nitrogens with zero attached hydrogens (tertiary/aromatic N) is 4. The highest BCUT2D eigenvalue weighted by atomic mass is 32.1. The molecule has 0 saturated heterocycles. The molecule has 26 heavy (non-hydrogen) atoms. The summed E-state index contributed by atoms with van der Waals surface area (Å²) in [7, 11) is 2.82. The predicted octanol–water partition coefficient (Wildman–Crippen LogP) is 1.09. The monoisotopic (exact) mass is 374 g/mol. The second kappa shape index (κ2) is 6.31. The molecule has 0 N–H and O–H groups in total. The van der Waals surface area contributed by atoms with Crippen molar-refractivity contribution < 1.29 is 9.13 Å². The molecule has 134 valence electrons. The first-order chi connectivity index (χ1) is 12.3. The molecule has 9 heteroatoms. The maximum Gasteiger partial charge on any atom is 0.338 e. The number of hydrogen-bond acceptors (Lipinski definition) is 5. The van der Waals surface area contributed by atoms with Crippen LogP contribution in [-0.4, -0.2) is 26.9 Å². The van der Waals surface area contributed by atoms with Crippen LogP contribution in [0.15, 0.2) is 34.0 Å². The molecule has 1 aliphatic heterocycles. The molecule has 1 aliphatic rings. The molecule has 0 saturated carbocycles. The summed E-state index contributed by atoms with van der Waals surface area (Å²) >= 11 is 5.03. The zero-order valence-electron chi connectivity index (χ0n) is 14.2. The van der Waals surface area contributed by atoms with E-state index in [0.717, 1.165) is 19.8 Å². The Kier molecular flexibility index (Phi) is 4.29. The van der Waals surface area contributed by atoms with Crippen LogP contribution in [0, 0.1) is 22.9 Å². The summed E-state index contributed by atoms with van der Waals surface area (Å²) in [6.45, 7) is 4.22. The van der Waals surface area contributed by atoms with E-state index < -0.39 is 17.2 Å². The van der Waals surface area contributed by atoms with Crippen molar-refractivity contribution in [3.8, 4) is 23.8 Å². The summed E-state index contributed by atoms with van der Waals surface area (Å²) in [6, 6.07) is 2.46. The van der Waals surface area contributed by atoms with E-state index in [4.69, 9.17) is 23.4 Å². The Morgan fingerprint density at radius 3 is 2.46 bits per heavy atom. The van der Waals surface area contributed by atoms with Gasteiger partial charge >= 0.3 is 11.4 Å². The Balaban J connectivity index is 2.35. The topological polar surface area (TPSA) is 61.4 Å². The Morgan fingerprint density at radius 1 is 1.27 bits per heavy atom. The first-order valence-electron chi connectivity index (χ1n) is 7.52. The van der Waals surface area contributed by atoms with Crippen molar-refractivity contribution in [2.24, 2.45) is 14.1 Å². The van der Waals surface area contributed by atoms with Crippen LogP contribution in [0.4, 0.5) is 10.1 Å². The third-order valence-electron chi connectivity index (χ3n) is 4.12. The lowest BCUT2D eigenvalue weighted by Crippen LogP contribution is -2.44. The van der Waals surface area contributed by atoms with Crippen molar-refractivity contribution >= 4 is 17.9 Å². The lowest BCUT2D eigenvalue weighted by atomic mass is 10.2. The zero-order valence-corrected chi connectivity index (χ0v) is 15.0. The molecule has 2 aromatic rings. The molecule has 0 unspecified atom stereocenters. The predicted molar refractivity (Wildman–Crippen MR) is 97.9 cm³/mol. The Morgan fingerprint density at radius 2 is 1.88 bits per heavy atom. The van der Waals surface area contributed by atoms with E-state index in [0.29, 0.717) is 11.4 Å². The van der Waals surface area contributed by atoms with Gasteiger partial charge in [0.15, 0.2) is 10.6 Å². The van der Waals surface area contributed by atoms with Crippen LogP contribution in [0.2, 0.25) is 0 Å². The standard InChI is InChI=1S/C17H15FN4O3S/c1-5-6-21-10(2)9-25-14-7-11(18)12(8-13(14)21)22-15(23)19(3)17(26)20(4)16(22)24/h1,7-8H,2,6,9H2,3-4H3. The fourth-order valence-electron chi connectivity index (χ4n) is 2.70. The third-order valence-corrected chi connectivity index (χ3v) is 4.66. The van der Waals surface area contributed by atoms with Crippen LogP contribution in [0.3, 0.4) is 0 Å². The van der Waals surface area contributed by atoms with Crippen molar-refractivity contribution in [1.82, 2.24) is 13.7 Å². The van der Waals surface area contributed by atoms with Crippen molar-refractivity contribution in [2.45, 2.75) is 0 Å². The van der Waals surface area contributed by atoms with Crippen LogP contribution >= 0.6 is 12.2 Å². The van der Waals surface area contributed by atoms with E-state index >= 15 is 0 Å². The Bertz CT molecular complexity index is 1110. The van der Waals surface area contributed by atoms with Crippen LogP contribution < -0.4 is 21.0 Å². The maximum absolute atomic E-state index is 14.7. The number of halogens is 1. The molecule has 0 atom stereocenters. The summed E-state index contributed by atoms with van der Waals surface area (Å²) in [5.41, 5.74) is -0.721. The van der Waals surface area contributed by atoms with Gasteiger partial charge in [-0.3, -0.25) is 9.13 Å². The van der Waals surface area contributed by atoms with Gasteiger partial charge in [0, 0.05) is 25.9 Å². The summed E-state index contributed by atoms with van der Waals surface area (Å²) in [5, 5.41) is 0. The number of ether oxygens (including phenoxy) is 1. The largest absolute Gasteiger partial charge is 0.485 e. The van der Waals surface area contributed by atoms with E-state index in [1.54, 1.807) is 4.90 Å². The third kappa shape index (κ3) is 2.55. The van der Waals surface area contributed by atoms with Gasteiger partial charge in [-0.05, 0) is 18.3 Å². The molecule has 3 rings (SSSR count). The maximum atomic E-state index is 14.7. The number of benzene rings is 1. The molecular formula is C17H15FN4O3S. The summed E-state index contributed by atoms with van der Waals surface area (Å²) in [4.78, 5) is 26.7. The van der Waals surface area contributed by atoms with Gasteiger partial charge in [-0.2, -0.15) is 0 Å². The Hall–Kier alpha value is -3.12. The second-order valence-electron chi connectivity index (χ2n) is 5.72. The average molecular weight is 374 g/mol. The van der Waals surface area contributed by atoms with Gasteiger partial charge in [0.1, 0.15) is 12.4 Å². The summed E-state index contributed by atoms with van der Waals surface area (Å²) in [5.74, 6) is 1.96. The van der Waals surface area contributed by atoms with Crippen LogP contribution in [-0.2, 0) is 14.1 Å². The number of terminal acetylenes is 1. The molecule has 1 aromatic heterocycles. The molecular weight excluding hydrogens is 359 g/mol. The quantitative estimate of drug-likeness (QED) is 0.582. The molecule has 1 aromatic carbocycles. The lowest BCUT2D eigenvalue weighted by molar-refractivity contribution is 0.335. The molecule has 2 heterocycles. The van der Waals surface area contributed by atoms with Crippen molar-refractivity contribution in [3.05, 3.63) is 56.0 Å². The fourth-order valence-corrected chi connectivity index (χ4v) is 2.86. The SMILES string of the molecule is C#CCN1C(=C)COc2cc(F)c(-n3c(=O)n(C)c(=S)n(C)c3=O)cc21. The van der Waals surface area contributed by atoms with E-state index in [-0.39, 0.29) is 29.4 Å². The van der Waals surface area contributed by atoms with E-state index in [9.17, 15) is 14.0 Å². The number of anilines is 1. The second-order valence-corrected chi connectivity index (χ2v) is 6.08. The lowest BCUT2D eigenvalue weighted by Gasteiger charge is -2.32. The number of rotatable bonds is 2. The van der Waals surface area contributed by atoms with Crippen LogP contribution in [0.1, 0.15) is 0 Å².